The van der Waals surface area contributed by atoms with Crippen LogP contribution < -0.4 is 10.6 Å². The second kappa shape index (κ2) is 6.24. The fourth-order valence-corrected chi connectivity index (χ4v) is 2.05. The Labute approximate surface area is 124 Å². The fraction of sp³-hybridized carbons (Fsp3) is 0.154. The van der Waals surface area contributed by atoms with E-state index in [0.717, 1.165) is 12.1 Å². The molecule has 20 heavy (non-hydrogen) atoms. The molecule has 1 aromatic heterocycles. The summed E-state index contributed by atoms with van der Waals surface area (Å²) in [6, 6.07) is 5.01. The van der Waals surface area contributed by atoms with Crippen molar-refractivity contribution in [1.29, 1.82) is 0 Å². The Morgan fingerprint density at radius 2 is 1.70 bits per heavy atom. The van der Waals surface area contributed by atoms with Crippen molar-refractivity contribution in [3.63, 3.8) is 0 Å². The number of nitrogens with one attached hydrogen (secondary N) is 2. The van der Waals surface area contributed by atoms with E-state index in [4.69, 9.17) is 23.2 Å². The second-order valence-electron chi connectivity index (χ2n) is 3.90. The average molecular weight is 318 g/mol. The third kappa shape index (κ3) is 3.11. The average Bonchev–Trinajstić information content (AvgIpc) is 2.39. The van der Waals surface area contributed by atoms with E-state index in [0.29, 0.717) is 17.4 Å². The van der Waals surface area contributed by atoms with Crippen LogP contribution in [-0.4, -0.2) is 11.5 Å². The Balaban J connectivity index is 2.40. The highest BCUT2D eigenvalue weighted by Crippen LogP contribution is 2.32. The predicted molar refractivity (Wildman–Crippen MR) is 78.1 cm³/mol. The number of hydrogen-bond donors (Lipinski definition) is 2. The van der Waals surface area contributed by atoms with E-state index in [1.807, 2.05) is 6.92 Å². The van der Waals surface area contributed by atoms with Crippen molar-refractivity contribution in [2.45, 2.75) is 6.92 Å². The topological polar surface area (TPSA) is 37.0 Å². The molecule has 3 nitrogen and oxygen atoms in total. The summed E-state index contributed by atoms with van der Waals surface area (Å²) in [5.41, 5.74) is -0.313. The quantitative estimate of drug-likeness (QED) is 0.847. The van der Waals surface area contributed by atoms with Gasteiger partial charge >= 0.3 is 0 Å². The fourth-order valence-electron chi connectivity index (χ4n) is 1.58. The van der Waals surface area contributed by atoms with E-state index in [-0.39, 0.29) is 16.5 Å². The summed E-state index contributed by atoms with van der Waals surface area (Å²) >= 11 is 11.9. The molecule has 0 aliphatic rings. The highest BCUT2D eigenvalue weighted by molar-refractivity contribution is 6.37. The molecular formula is C13H11Cl2F2N3. The van der Waals surface area contributed by atoms with Gasteiger partial charge in [0, 0.05) is 6.54 Å². The molecule has 0 aliphatic heterocycles. The first-order valence-electron chi connectivity index (χ1n) is 5.84. The van der Waals surface area contributed by atoms with Crippen molar-refractivity contribution in [3.8, 4) is 0 Å². The van der Waals surface area contributed by atoms with Crippen LogP contribution in [-0.2, 0) is 0 Å². The first-order chi connectivity index (χ1) is 9.52. The van der Waals surface area contributed by atoms with Crippen LogP contribution in [0.15, 0.2) is 24.3 Å². The van der Waals surface area contributed by atoms with Crippen LogP contribution in [0.2, 0.25) is 10.0 Å². The molecule has 0 bridgehead atoms. The summed E-state index contributed by atoms with van der Waals surface area (Å²) in [5.74, 6) is -0.959. The lowest BCUT2D eigenvalue weighted by atomic mass is 10.3. The third-order valence-corrected chi connectivity index (χ3v) is 3.06. The minimum atomic E-state index is -0.734. The Morgan fingerprint density at radius 1 is 1.10 bits per heavy atom. The van der Waals surface area contributed by atoms with Crippen LogP contribution in [0, 0.1) is 11.6 Å². The van der Waals surface area contributed by atoms with Gasteiger partial charge in [0.15, 0.2) is 5.82 Å². The van der Waals surface area contributed by atoms with Crippen molar-refractivity contribution in [2.75, 3.05) is 17.2 Å². The number of pyridine rings is 1. The second-order valence-corrected chi connectivity index (χ2v) is 4.72. The maximum atomic E-state index is 13.6. The van der Waals surface area contributed by atoms with Gasteiger partial charge in [-0.2, -0.15) is 0 Å². The number of rotatable bonds is 4. The van der Waals surface area contributed by atoms with Crippen molar-refractivity contribution < 1.29 is 8.78 Å². The lowest BCUT2D eigenvalue weighted by molar-refractivity contribution is 0.590. The highest BCUT2D eigenvalue weighted by atomic mass is 35.5. The molecule has 2 aromatic rings. The van der Waals surface area contributed by atoms with Crippen molar-refractivity contribution >= 4 is 40.5 Å². The Morgan fingerprint density at radius 3 is 2.30 bits per heavy atom. The molecule has 0 saturated heterocycles. The zero-order valence-corrected chi connectivity index (χ0v) is 12.0. The van der Waals surface area contributed by atoms with E-state index >= 15 is 0 Å². The van der Waals surface area contributed by atoms with E-state index in [2.05, 4.69) is 15.6 Å². The first-order valence-corrected chi connectivity index (χ1v) is 6.59. The number of benzene rings is 1. The lowest BCUT2D eigenvalue weighted by Gasteiger charge is -2.12. The summed E-state index contributed by atoms with van der Waals surface area (Å²) in [6.07, 6.45) is 0. The zero-order valence-electron chi connectivity index (χ0n) is 10.5. The standard InChI is InChI=1S/C13H11Cl2F2N3/c1-2-18-12-7(14)6-8(15)13(20-12)19-11-9(16)4-3-5-10(11)17/h3-6H,2H2,1H3,(H2,18,19,20). The predicted octanol–water partition coefficient (Wildman–Crippen LogP) is 4.84. The van der Waals surface area contributed by atoms with Crippen molar-refractivity contribution in [1.82, 2.24) is 4.98 Å². The van der Waals surface area contributed by atoms with E-state index in [1.54, 1.807) is 0 Å². The van der Waals surface area contributed by atoms with Gasteiger partial charge < -0.3 is 10.6 Å². The maximum Gasteiger partial charge on any atom is 0.151 e. The molecule has 0 fully saturated rings. The molecule has 7 heteroatoms. The number of halogens is 4. The number of nitrogens with zero attached hydrogens (tertiary/aromatic N) is 1. The third-order valence-electron chi connectivity index (χ3n) is 2.48. The minimum absolute atomic E-state index is 0.121. The smallest absolute Gasteiger partial charge is 0.151 e. The monoisotopic (exact) mass is 317 g/mol. The Bertz CT molecular complexity index is 615. The van der Waals surface area contributed by atoms with Gasteiger partial charge in [0.2, 0.25) is 0 Å². The molecule has 1 aromatic carbocycles. The number of anilines is 3. The van der Waals surface area contributed by atoms with Gasteiger partial charge in [-0.05, 0) is 25.1 Å². The molecule has 0 radical (unpaired) electrons. The normalized spacial score (nSPS) is 10.4. The van der Waals surface area contributed by atoms with E-state index < -0.39 is 11.6 Å². The largest absolute Gasteiger partial charge is 0.369 e. The molecule has 2 rings (SSSR count). The number of hydrogen-bond acceptors (Lipinski definition) is 3. The molecule has 0 aliphatic carbocycles. The van der Waals surface area contributed by atoms with E-state index in [1.165, 1.54) is 12.1 Å². The number of para-hydroxylation sites is 1. The molecule has 1 heterocycles. The minimum Gasteiger partial charge on any atom is -0.369 e. The van der Waals surface area contributed by atoms with Gasteiger partial charge in [0.1, 0.15) is 23.1 Å². The highest BCUT2D eigenvalue weighted by Gasteiger charge is 2.13. The van der Waals surface area contributed by atoms with Crippen LogP contribution in [0.25, 0.3) is 0 Å². The van der Waals surface area contributed by atoms with Crippen LogP contribution in [0.1, 0.15) is 6.92 Å². The van der Waals surface area contributed by atoms with E-state index in [9.17, 15) is 8.78 Å². The van der Waals surface area contributed by atoms with Gasteiger partial charge in [0.05, 0.1) is 10.0 Å². The molecular weight excluding hydrogens is 307 g/mol. The summed E-state index contributed by atoms with van der Waals surface area (Å²) in [6.45, 7) is 2.47. The lowest BCUT2D eigenvalue weighted by Crippen LogP contribution is -2.04. The zero-order chi connectivity index (χ0) is 14.7. The van der Waals surface area contributed by atoms with Crippen LogP contribution in [0.3, 0.4) is 0 Å². The van der Waals surface area contributed by atoms with Crippen LogP contribution >= 0.6 is 23.2 Å². The SMILES string of the molecule is CCNc1nc(Nc2c(F)cccc2F)c(Cl)cc1Cl. The summed E-state index contributed by atoms with van der Waals surface area (Å²) < 4.78 is 27.2. The van der Waals surface area contributed by atoms with Gasteiger partial charge in [0.25, 0.3) is 0 Å². The van der Waals surface area contributed by atoms with Gasteiger partial charge in [-0.15, -0.1) is 0 Å². The van der Waals surface area contributed by atoms with Crippen molar-refractivity contribution in [2.24, 2.45) is 0 Å². The first kappa shape index (κ1) is 14.8. The van der Waals surface area contributed by atoms with Crippen molar-refractivity contribution in [3.05, 3.63) is 45.9 Å². The summed E-state index contributed by atoms with van der Waals surface area (Å²) in [4.78, 5) is 4.12. The Hall–Kier alpha value is -1.59. The van der Waals surface area contributed by atoms with Gasteiger partial charge in [-0.3, -0.25) is 0 Å². The molecule has 0 atom stereocenters. The van der Waals surface area contributed by atoms with Gasteiger partial charge in [-0.25, -0.2) is 13.8 Å². The molecule has 2 N–H and O–H groups in total. The summed E-state index contributed by atoms with van der Waals surface area (Å²) in [5, 5.41) is 5.97. The Kier molecular flexibility index (Phi) is 4.62. The van der Waals surface area contributed by atoms with Crippen LogP contribution in [0.4, 0.5) is 26.1 Å². The summed E-state index contributed by atoms with van der Waals surface area (Å²) in [7, 11) is 0. The molecule has 0 unspecified atom stereocenters. The number of aromatic nitrogens is 1. The molecule has 0 spiro atoms. The van der Waals surface area contributed by atoms with Gasteiger partial charge in [-0.1, -0.05) is 29.3 Å². The molecule has 0 saturated carbocycles. The van der Waals surface area contributed by atoms with Crippen LogP contribution in [0.5, 0.6) is 0 Å². The molecule has 0 amide bonds. The maximum absolute atomic E-state index is 13.6. The molecule has 106 valence electrons.